The lowest BCUT2D eigenvalue weighted by atomic mass is 10.1. The first-order valence-electron chi connectivity index (χ1n) is 8.34. The van der Waals surface area contributed by atoms with Gasteiger partial charge in [-0.1, -0.05) is 6.07 Å². The van der Waals surface area contributed by atoms with Gasteiger partial charge in [0.05, 0.1) is 18.4 Å². The Labute approximate surface area is 150 Å². The largest absolute Gasteiger partial charge is 0.508 e. The van der Waals surface area contributed by atoms with Crippen LogP contribution in [0.1, 0.15) is 22.1 Å². The number of carbonyl (C=O) groups is 1. The molecule has 3 aromatic rings. The van der Waals surface area contributed by atoms with Gasteiger partial charge in [-0.25, -0.2) is 0 Å². The van der Waals surface area contributed by atoms with Gasteiger partial charge in [0.2, 0.25) is 0 Å². The van der Waals surface area contributed by atoms with Crippen LogP contribution in [0, 0.1) is 0 Å². The van der Waals surface area contributed by atoms with Crippen molar-refractivity contribution in [1.82, 2.24) is 19.7 Å². The van der Waals surface area contributed by atoms with Gasteiger partial charge in [-0.15, -0.1) is 0 Å². The number of benzene rings is 1. The Morgan fingerprint density at radius 2 is 2.15 bits per heavy atom. The lowest BCUT2D eigenvalue weighted by molar-refractivity contribution is 0.0632. The maximum atomic E-state index is 12.8. The molecule has 132 valence electrons. The summed E-state index contributed by atoms with van der Waals surface area (Å²) in [6.45, 7) is 1.32. The molecule has 0 saturated carbocycles. The molecule has 2 aromatic heterocycles. The molecule has 3 heterocycles. The molecule has 7 nitrogen and oxygen atoms in total. The van der Waals surface area contributed by atoms with Crippen molar-refractivity contribution in [3.8, 4) is 11.5 Å². The zero-order chi connectivity index (χ0) is 17.9. The molecule has 26 heavy (non-hydrogen) atoms. The molecule has 0 saturated heterocycles. The highest BCUT2D eigenvalue weighted by atomic mass is 16.5. The Balaban J connectivity index is 1.53. The average Bonchev–Trinajstić information content (AvgIpc) is 3.15. The number of ether oxygens (including phenoxy) is 1. The fraction of sp³-hybridized carbons (Fsp3) is 0.211. The van der Waals surface area contributed by atoms with Crippen LogP contribution in [0.25, 0.3) is 0 Å². The molecular formula is C19H18N4O3. The van der Waals surface area contributed by atoms with Gasteiger partial charge in [-0.2, -0.15) is 5.10 Å². The number of phenolic OH excluding ortho intramolecular Hbond substituents is 1. The highest BCUT2D eigenvalue weighted by Gasteiger charge is 2.29. The minimum Gasteiger partial charge on any atom is -0.508 e. The Morgan fingerprint density at radius 3 is 2.96 bits per heavy atom. The van der Waals surface area contributed by atoms with Crippen LogP contribution < -0.4 is 4.74 Å². The van der Waals surface area contributed by atoms with Crippen molar-refractivity contribution < 1.29 is 14.6 Å². The van der Waals surface area contributed by atoms with Gasteiger partial charge in [0.1, 0.15) is 24.1 Å². The van der Waals surface area contributed by atoms with Crippen LogP contribution in [0.2, 0.25) is 0 Å². The van der Waals surface area contributed by atoms with E-state index in [9.17, 15) is 9.90 Å². The number of aromatic nitrogens is 3. The minimum absolute atomic E-state index is 0.0781. The maximum Gasteiger partial charge on any atom is 0.254 e. The van der Waals surface area contributed by atoms with Gasteiger partial charge in [0.15, 0.2) is 0 Å². The van der Waals surface area contributed by atoms with Crippen molar-refractivity contribution in [1.29, 1.82) is 0 Å². The van der Waals surface area contributed by atoms with Crippen molar-refractivity contribution in [2.45, 2.75) is 12.6 Å². The highest BCUT2D eigenvalue weighted by molar-refractivity contribution is 5.94. The van der Waals surface area contributed by atoms with Crippen molar-refractivity contribution in [2.75, 3.05) is 13.2 Å². The smallest absolute Gasteiger partial charge is 0.254 e. The van der Waals surface area contributed by atoms with E-state index >= 15 is 0 Å². The molecule has 0 bridgehead atoms. The lowest BCUT2D eigenvalue weighted by Crippen LogP contribution is -2.43. The second-order valence-electron chi connectivity index (χ2n) is 6.16. The predicted octanol–water partition coefficient (Wildman–Crippen LogP) is 2.26. The summed E-state index contributed by atoms with van der Waals surface area (Å²) in [6.07, 6.45) is 5.08. The second kappa shape index (κ2) is 6.87. The molecule has 1 aliphatic heterocycles. The molecule has 0 aliphatic carbocycles. The number of phenols is 1. The van der Waals surface area contributed by atoms with Crippen LogP contribution in [-0.4, -0.2) is 43.8 Å². The van der Waals surface area contributed by atoms with Crippen molar-refractivity contribution in [3.63, 3.8) is 0 Å². The van der Waals surface area contributed by atoms with Crippen molar-refractivity contribution >= 4 is 5.91 Å². The average molecular weight is 350 g/mol. The Hall–Kier alpha value is -3.35. The van der Waals surface area contributed by atoms with Gasteiger partial charge in [-0.3, -0.25) is 14.5 Å². The summed E-state index contributed by atoms with van der Waals surface area (Å²) < 4.78 is 7.73. The highest BCUT2D eigenvalue weighted by Crippen LogP contribution is 2.24. The molecule has 1 amide bonds. The van der Waals surface area contributed by atoms with E-state index in [1.807, 2.05) is 22.9 Å². The number of carbonyl (C=O) groups excluding carboxylic acids is 1. The van der Waals surface area contributed by atoms with E-state index in [4.69, 9.17) is 4.74 Å². The number of pyridine rings is 1. The van der Waals surface area contributed by atoms with Gasteiger partial charge in [-0.05, 0) is 36.4 Å². The molecule has 1 aromatic carbocycles. The van der Waals surface area contributed by atoms with E-state index in [-0.39, 0.29) is 17.7 Å². The van der Waals surface area contributed by atoms with Crippen LogP contribution in [0.3, 0.4) is 0 Å². The second-order valence-corrected chi connectivity index (χ2v) is 6.16. The third-order valence-corrected chi connectivity index (χ3v) is 4.34. The van der Waals surface area contributed by atoms with Gasteiger partial charge >= 0.3 is 0 Å². The van der Waals surface area contributed by atoms with Crippen LogP contribution in [0.5, 0.6) is 11.5 Å². The molecule has 1 N–H and O–H groups in total. The summed E-state index contributed by atoms with van der Waals surface area (Å²) in [6, 6.07) is 11.9. The zero-order valence-electron chi connectivity index (χ0n) is 14.0. The molecule has 7 heteroatoms. The summed E-state index contributed by atoms with van der Waals surface area (Å²) in [5.41, 5.74) is 1.41. The topological polar surface area (TPSA) is 80.5 Å². The number of fused-ring (bicyclic) bond motifs is 1. The molecule has 0 radical (unpaired) electrons. The van der Waals surface area contributed by atoms with Gasteiger partial charge in [0, 0.05) is 24.5 Å². The predicted molar refractivity (Wildman–Crippen MR) is 93.8 cm³/mol. The third kappa shape index (κ3) is 3.23. The summed E-state index contributed by atoms with van der Waals surface area (Å²) in [4.78, 5) is 18.6. The SMILES string of the molecule is O=C(c1cccc(O)c1)N1Cc2ccnn2[C@@H](COc2cccnc2)C1. The quantitative estimate of drug-likeness (QED) is 0.781. The molecular weight excluding hydrogens is 332 g/mol. The molecule has 1 aliphatic rings. The number of amides is 1. The fourth-order valence-corrected chi connectivity index (χ4v) is 3.11. The fourth-order valence-electron chi connectivity index (χ4n) is 3.11. The molecule has 4 rings (SSSR count). The number of aromatic hydroxyl groups is 1. The van der Waals surface area contributed by atoms with Gasteiger partial charge in [0.25, 0.3) is 5.91 Å². The van der Waals surface area contributed by atoms with Gasteiger partial charge < -0.3 is 14.7 Å². The Kier molecular flexibility index (Phi) is 4.27. The maximum absolute atomic E-state index is 12.8. The number of rotatable bonds is 4. The van der Waals surface area contributed by atoms with Crippen molar-refractivity contribution in [2.24, 2.45) is 0 Å². The molecule has 0 spiro atoms. The number of hydrogen-bond acceptors (Lipinski definition) is 5. The summed E-state index contributed by atoms with van der Waals surface area (Å²) in [7, 11) is 0. The molecule has 0 unspecified atom stereocenters. The third-order valence-electron chi connectivity index (χ3n) is 4.34. The minimum atomic E-state index is -0.125. The van der Waals surface area contributed by atoms with Crippen LogP contribution in [0.4, 0.5) is 0 Å². The molecule has 1 atom stereocenters. The van der Waals surface area contributed by atoms with E-state index in [0.717, 1.165) is 5.69 Å². The first kappa shape index (κ1) is 16.1. The van der Waals surface area contributed by atoms with E-state index in [0.29, 0.717) is 31.0 Å². The lowest BCUT2D eigenvalue weighted by Gasteiger charge is -2.33. The normalized spacial score (nSPS) is 16.2. The first-order valence-corrected chi connectivity index (χ1v) is 8.34. The molecule has 0 fully saturated rings. The number of nitrogens with zero attached hydrogens (tertiary/aromatic N) is 4. The Morgan fingerprint density at radius 1 is 1.23 bits per heavy atom. The monoisotopic (exact) mass is 350 g/mol. The summed E-state index contributed by atoms with van der Waals surface area (Å²) in [5, 5.41) is 14.0. The van der Waals surface area contributed by atoms with E-state index < -0.39 is 0 Å². The van der Waals surface area contributed by atoms with Crippen LogP contribution in [-0.2, 0) is 6.54 Å². The van der Waals surface area contributed by atoms with Crippen LogP contribution in [0.15, 0.2) is 61.1 Å². The van der Waals surface area contributed by atoms with Crippen LogP contribution >= 0.6 is 0 Å². The zero-order valence-corrected chi connectivity index (χ0v) is 14.0. The Bertz CT molecular complexity index is 910. The first-order chi connectivity index (χ1) is 12.7. The van der Waals surface area contributed by atoms with E-state index in [2.05, 4.69) is 10.1 Å². The standard InChI is InChI=1S/C19H18N4O3/c24-17-4-1-3-14(9-17)19(25)22-11-15-6-8-21-23(15)16(12-22)13-26-18-5-2-7-20-10-18/h1-10,16,24H,11-13H2/t16-/m1/s1. The van der Waals surface area contributed by atoms with E-state index in [1.165, 1.54) is 6.07 Å². The van der Waals surface area contributed by atoms with E-state index in [1.54, 1.807) is 41.7 Å². The summed E-state index contributed by atoms with van der Waals surface area (Å²) >= 11 is 0. The number of hydrogen-bond donors (Lipinski definition) is 1. The summed E-state index contributed by atoms with van der Waals surface area (Å²) in [5.74, 6) is 0.631. The van der Waals surface area contributed by atoms with Crippen molar-refractivity contribution in [3.05, 3.63) is 72.3 Å².